The quantitative estimate of drug-likeness (QED) is 0.182. The summed E-state index contributed by atoms with van der Waals surface area (Å²) in [5.41, 5.74) is 2.24. The van der Waals surface area contributed by atoms with Crippen LogP contribution in [0.15, 0.2) is 45.6 Å². The number of fused-ring (bicyclic) bond motifs is 2. The molecule has 0 radical (unpaired) electrons. The third-order valence-corrected chi connectivity index (χ3v) is 8.05. The van der Waals surface area contributed by atoms with Gasteiger partial charge in [-0.3, -0.25) is 4.79 Å². The molecule has 2 aromatic carbocycles. The molecular weight excluding hydrogens is 920 g/mol. The Hall–Kier alpha value is 3.32. The molecule has 2 aliphatic rings. The van der Waals surface area contributed by atoms with Crippen LogP contribution >= 0.6 is 90.4 Å². The van der Waals surface area contributed by atoms with Gasteiger partial charge in [0.1, 0.15) is 9.32 Å². The summed E-state index contributed by atoms with van der Waals surface area (Å²) in [6.07, 6.45) is 0. The summed E-state index contributed by atoms with van der Waals surface area (Å²) >= 11 is 7.96. The van der Waals surface area contributed by atoms with Crippen molar-refractivity contribution in [3.63, 3.8) is 0 Å². The van der Waals surface area contributed by atoms with Crippen LogP contribution in [0.2, 0.25) is 0 Å². The van der Waals surface area contributed by atoms with Gasteiger partial charge in [0, 0.05) is 16.5 Å². The molecule has 0 saturated carbocycles. The zero-order chi connectivity index (χ0) is 21.0. The molecule has 0 atom stereocenters. The van der Waals surface area contributed by atoms with Crippen LogP contribution < -0.4 is 5.43 Å². The molecule has 13 heteroatoms. The van der Waals surface area contributed by atoms with Crippen molar-refractivity contribution >= 4 is 226 Å². The Labute approximate surface area is 332 Å². The van der Waals surface area contributed by atoms with E-state index in [4.69, 9.17) is 4.42 Å². The maximum absolute atomic E-state index is 12.5. The van der Waals surface area contributed by atoms with Crippen LogP contribution in [0.4, 0.5) is 0 Å². The van der Waals surface area contributed by atoms with Gasteiger partial charge in [-0.15, -0.1) is 0 Å². The summed E-state index contributed by atoms with van der Waals surface area (Å²) in [5, 5.41) is 20.8. The van der Waals surface area contributed by atoms with Crippen LogP contribution in [-0.4, -0.2) is 134 Å². The number of carboxylic acid groups (broad SMARTS) is 1. The second-order valence-corrected chi connectivity index (χ2v) is 10.6. The molecule has 1 aliphatic carbocycles. The van der Waals surface area contributed by atoms with Gasteiger partial charge in [0.2, 0.25) is 5.43 Å². The number of hydrogen-bond acceptors (Lipinski definition) is 4. The van der Waals surface area contributed by atoms with Crippen LogP contribution in [0.1, 0.15) is 10.4 Å². The molecule has 5 nitrogen and oxygen atoms in total. The van der Waals surface area contributed by atoms with Crippen LogP contribution in [0, 0.1) is 14.3 Å². The number of carboxylic acids is 1. The fourth-order valence-corrected chi connectivity index (χ4v) is 6.75. The average molecular weight is 932 g/mol. The van der Waals surface area contributed by atoms with E-state index >= 15 is 0 Å². The molecule has 0 spiro atoms. The molecule has 0 aromatic heterocycles. The van der Waals surface area contributed by atoms with E-state index in [1.54, 1.807) is 36.4 Å². The molecular formula is C20H12I4Na4O5. The van der Waals surface area contributed by atoms with Gasteiger partial charge in [-0.1, -0.05) is 18.2 Å². The van der Waals surface area contributed by atoms with Crippen molar-refractivity contribution in [2.45, 2.75) is 0 Å². The molecule has 154 valence electrons. The van der Waals surface area contributed by atoms with E-state index in [0.29, 0.717) is 47.7 Å². The van der Waals surface area contributed by atoms with Crippen LogP contribution in [0.5, 0.6) is 5.75 Å². The fourth-order valence-electron chi connectivity index (χ4n) is 3.17. The van der Waals surface area contributed by atoms with E-state index in [0.717, 1.165) is 0 Å². The molecule has 0 saturated heterocycles. The van der Waals surface area contributed by atoms with Gasteiger partial charge in [0.25, 0.3) is 0 Å². The molecule has 2 aromatic rings. The fraction of sp³-hybridized carbons (Fsp3) is 0. The monoisotopic (exact) mass is 932 g/mol. The zero-order valence-electron chi connectivity index (χ0n) is 14.1. The molecule has 0 amide bonds. The molecule has 1 heterocycles. The predicted molar refractivity (Wildman–Crippen MR) is 173 cm³/mol. The van der Waals surface area contributed by atoms with Crippen molar-refractivity contribution in [1.82, 2.24) is 0 Å². The van der Waals surface area contributed by atoms with Crippen LogP contribution in [0.3, 0.4) is 0 Å². The first-order valence-electron chi connectivity index (χ1n) is 8.00. The zero-order valence-corrected chi connectivity index (χ0v) is 22.7. The Bertz CT molecular complexity index is 1380. The first kappa shape index (κ1) is 36.3. The number of phenols is 1. The number of aromatic carboxylic acids is 1. The number of aromatic hydroxyl groups is 1. The summed E-state index contributed by atoms with van der Waals surface area (Å²) in [6, 6.07) is 10.2. The van der Waals surface area contributed by atoms with Crippen LogP contribution in [0.25, 0.3) is 33.4 Å². The minimum atomic E-state index is -1.05. The minimum absolute atomic E-state index is 0. The molecule has 0 unspecified atom stereocenters. The third kappa shape index (κ3) is 7.10. The van der Waals surface area contributed by atoms with E-state index < -0.39 is 5.97 Å². The average Bonchev–Trinajstić information content (AvgIpc) is 2.69. The van der Waals surface area contributed by atoms with Gasteiger partial charge in [-0.05, 0) is 114 Å². The molecule has 2 N–H and O–H groups in total. The van der Waals surface area contributed by atoms with Gasteiger partial charge < -0.3 is 14.6 Å². The first-order chi connectivity index (χ1) is 13.7. The second-order valence-electron chi connectivity index (χ2n) is 6.10. The van der Waals surface area contributed by atoms with Crippen molar-refractivity contribution in [1.29, 1.82) is 0 Å². The number of hydrogen-bond donors (Lipinski definition) is 2. The van der Waals surface area contributed by atoms with Gasteiger partial charge >= 0.3 is 124 Å². The molecule has 1 aliphatic heterocycles. The number of rotatable bonds is 2. The maximum atomic E-state index is 12.5. The Balaban J connectivity index is 0.00000256. The standard InChI is InChI=1S/C20H8I4O5.4Na.4H/c21-11-5-9-13(7-3-1-2-4-8(7)20(27)28)10-6-12(22)17(26)15(24)19(10)29-18(9)14(23)16(11)25;;;;;;;;/h1-6,25H,(H,27,28);;;;;;;;. The normalized spacial score (nSPS) is 9.94. The number of carbonyl (C=O) groups is 1. The Morgan fingerprint density at radius 1 is 0.848 bits per heavy atom. The van der Waals surface area contributed by atoms with Crippen molar-refractivity contribution in [3.8, 4) is 28.2 Å². The summed E-state index contributed by atoms with van der Waals surface area (Å²) < 4.78 is 8.16. The topological polar surface area (TPSA) is 87.7 Å². The van der Waals surface area contributed by atoms with Crippen LogP contribution in [-0.2, 0) is 0 Å². The summed E-state index contributed by atoms with van der Waals surface area (Å²) in [4.78, 5) is 24.4. The predicted octanol–water partition coefficient (Wildman–Crippen LogP) is 3.79. The van der Waals surface area contributed by atoms with Crippen molar-refractivity contribution in [3.05, 3.63) is 66.5 Å². The van der Waals surface area contributed by atoms with E-state index in [-0.39, 0.29) is 135 Å². The van der Waals surface area contributed by atoms with E-state index in [9.17, 15) is 19.8 Å². The second kappa shape index (κ2) is 15.2. The third-order valence-electron chi connectivity index (χ3n) is 4.45. The van der Waals surface area contributed by atoms with E-state index in [1.807, 2.05) is 90.4 Å². The van der Waals surface area contributed by atoms with Gasteiger partial charge in [0.05, 0.1) is 16.3 Å². The summed E-state index contributed by atoms with van der Waals surface area (Å²) in [6.45, 7) is 0. The molecule has 4 rings (SSSR count). The first-order valence-corrected chi connectivity index (χ1v) is 12.3. The number of phenolic OH excluding ortho intramolecular Hbond substituents is 1. The molecule has 0 bridgehead atoms. The van der Waals surface area contributed by atoms with E-state index in [1.165, 1.54) is 0 Å². The van der Waals surface area contributed by atoms with Gasteiger partial charge in [-0.25, -0.2) is 4.79 Å². The molecule has 0 fully saturated rings. The molecule has 33 heavy (non-hydrogen) atoms. The Morgan fingerprint density at radius 2 is 1.45 bits per heavy atom. The van der Waals surface area contributed by atoms with Crippen molar-refractivity contribution in [2.24, 2.45) is 0 Å². The summed E-state index contributed by atoms with van der Waals surface area (Å²) in [7, 11) is 0. The Morgan fingerprint density at radius 3 is 2.06 bits per heavy atom. The SMILES string of the molecule is O=C(O)c1ccccc1-c1c2cc(I)c(=O)c(I)c-2oc2c(I)c(O)c(I)cc12.[NaH].[NaH].[NaH].[NaH]. The van der Waals surface area contributed by atoms with Gasteiger partial charge in [-0.2, -0.15) is 0 Å². The van der Waals surface area contributed by atoms with Gasteiger partial charge in [0.15, 0.2) is 11.3 Å². The summed E-state index contributed by atoms with van der Waals surface area (Å²) in [5.74, 6) is -0.588. The van der Waals surface area contributed by atoms with E-state index in [2.05, 4.69) is 0 Å². The number of halogens is 4. The van der Waals surface area contributed by atoms with Crippen molar-refractivity contribution < 1.29 is 19.4 Å². The Kier molecular flexibility index (Phi) is 16.7. The number of benzene rings is 3. The van der Waals surface area contributed by atoms with Crippen molar-refractivity contribution in [2.75, 3.05) is 0 Å².